The Morgan fingerprint density at radius 3 is 2.56 bits per heavy atom. The SMILES string of the molecule is CC(C1CCOCC1)n1c(C(C)(C)C)c[nH]c1=S. The summed E-state index contributed by atoms with van der Waals surface area (Å²) in [5.41, 5.74) is 1.42. The second kappa shape index (κ2) is 5.17. The van der Waals surface area contributed by atoms with Gasteiger partial charge in [0.1, 0.15) is 0 Å². The summed E-state index contributed by atoms with van der Waals surface area (Å²) in [6.07, 6.45) is 4.34. The third-order valence-corrected chi connectivity index (χ3v) is 4.25. The summed E-state index contributed by atoms with van der Waals surface area (Å²) < 4.78 is 8.61. The summed E-state index contributed by atoms with van der Waals surface area (Å²) in [6, 6.07) is 0.446. The van der Waals surface area contributed by atoms with Crippen LogP contribution in [-0.2, 0) is 10.2 Å². The van der Waals surface area contributed by atoms with E-state index in [1.807, 2.05) is 0 Å². The molecule has 4 heteroatoms. The van der Waals surface area contributed by atoms with Crippen molar-refractivity contribution in [1.82, 2.24) is 9.55 Å². The Bertz CT molecular complexity index is 449. The standard InChI is InChI=1S/C14H24N2OS/c1-10(11-5-7-17-8-6-11)16-12(14(2,3)4)9-15-13(16)18/h9-11H,5-8H2,1-4H3,(H,15,18). The van der Waals surface area contributed by atoms with Crippen LogP contribution >= 0.6 is 12.2 Å². The summed E-state index contributed by atoms with van der Waals surface area (Å²) in [4.78, 5) is 3.21. The number of imidazole rings is 1. The van der Waals surface area contributed by atoms with E-state index in [-0.39, 0.29) is 5.41 Å². The Hall–Kier alpha value is -0.610. The zero-order valence-electron chi connectivity index (χ0n) is 11.8. The van der Waals surface area contributed by atoms with Crippen LogP contribution in [0.4, 0.5) is 0 Å². The van der Waals surface area contributed by atoms with Crippen molar-refractivity contribution in [2.45, 2.75) is 52.0 Å². The first-order chi connectivity index (χ1) is 8.41. The predicted octanol–water partition coefficient (Wildman–Crippen LogP) is 3.83. The highest BCUT2D eigenvalue weighted by atomic mass is 32.1. The van der Waals surface area contributed by atoms with E-state index < -0.39 is 0 Å². The second-order valence-electron chi connectivity index (χ2n) is 6.29. The van der Waals surface area contributed by atoms with Gasteiger partial charge in [-0.15, -0.1) is 0 Å². The van der Waals surface area contributed by atoms with Crippen molar-refractivity contribution in [2.24, 2.45) is 5.92 Å². The lowest BCUT2D eigenvalue weighted by molar-refractivity contribution is 0.0504. The smallest absolute Gasteiger partial charge is 0.177 e. The summed E-state index contributed by atoms with van der Waals surface area (Å²) in [6.45, 7) is 10.8. The van der Waals surface area contributed by atoms with Crippen molar-refractivity contribution < 1.29 is 4.74 Å². The molecule has 2 rings (SSSR count). The lowest BCUT2D eigenvalue weighted by Crippen LogP contribution is -2.28. The van der Waals surface area contributed by atoms with E-state index in [1.54, 1.807) is 0 Å². The molecule has 1 saturated heterocycles. The van der Waals surface area contributed by atoms with Crippen LogP contribution in [0.25, 0.3) is 0 Å². The summed E-state index contributed by atoms with van der Waals surface area (Å²) in [5.74, 6) is 0.669. The van der Waals surface area contributed by atoms with Crippen LogP contribution in [-0.4, -0.2) is 22.8 Å². The number of H-pyrrole nitrogens is 1. The Labute approximate surface area is 115 Å². The predicted molar refractivity (Wildman–Crippen MR) is 76.6 cm³/mol. The van der Waals surface area contributed by atoms with E-state index in [9.17, 15) is 0 Å². The highest BCUT2D eigenvalue weighted by Crippen LogP contribution is 2.32. The molecule has 1 aliphatic heterocycles. The van der Waals surface area contributed by atoms with E-state index in [0.29, 0.717) is 12.0 Å². The van der Waals surface area contributed by atoms with Gasteiger partial charge in [0.05, 0.1) is 0 Å². The number of ether oxygens (including phenoxy) is 1. The number of nitrogens with zero attached hydrogens (tertiary/aromatic N) is 1. The van der Waals surface area contributed by atoms with Crippen molar-refractivity contribution >= 4 is 12.2 Å². The molecular weight excluding hydrogens is 244 g/mol. The molecule has 0 aliphatic carbocycles. The van der Waals surface area contributed by atoms with Crippen LogP contribution in [0.3, 0.4) is 0 Å². The number of aromatic amines is 1. The molecule has 1 N–H and O–H groups in total. The maximum atomic E-state index is 5.46. The van der Waals surface area contributed by atoms with Crippen molar-refractivity contribution in [3.63, 3.8) is 0 Å². The number of aromatic nitrogens is 2. The molecule has 0 radical (unpaired) electrons. The first-order valence-electron chi connectivity index (χ1n) is 6.79. The topological polar surface area (TPSA) is 29.9 Å². The van der Waals surface area contributed by atoms with Crippen LogP contribution in [0.15, 0.2) is 6.20 Å². The van der Waals surface area contributed by atoms with Gasteiger partial charge < -0.3 is 14.3 Å². The average molecular weight is 268 g/mol. The summed E-state index contributed by atoms with van der Waals surface area (Å²) in [7, 11) is 0. The third kappa shape index (κ3) is 2.69. The van der Waals surface area contributed by atoms with Gasteiger partial charge in [0.25, 0.3) is 0 Å². The Morgan fingerprint density at radius 1 is 1.39 bits per heavy atom. The fraction of sp³-hybridized carbons (Fsp3) is 0.786. The number of hydrogen-bond acceptors (Lipinski definition) is 2. The summed E-state index contributed by atoms with van der Waals surface area (Å²) in [5, 5.41) is 0. The van der Waals surface area contributed by atoms with Crippen LogP contribution in [0.1, 0.15) is 52.3 Å². The van der Waals surface area contributed by atoms with Crippen LogP contribution < -0.4 is 0 Å². The fourth-order valence-corrected chi connectivity index (χ4v) is 3.09. The van der Waals surface area contributed by atoms with Gasteiger partial charge >= 0.3 is 0 Å². The lowest BCUT2D eigenvalue weighted by Gasteiger charge is -2.32. The van der Waals surface area contributed by atoms with Crippen LogP contribution in [0.2, 0.25) is 0 Å². The molecule has 0 saturated carbocycles. The van der Waals surface area contributed by atoms with Crippen molar-refractivity contribution in [3.8, 4) is 0 Å². The van der Waals surface area contributed by atoms with Gasteiger partial charge in [0.15, 0.2) is 4.77 Å². The van der Waals surface area contributed by atoms with Gasteiger partial charge in [-0.05, 0) is 37.9 Å². The van der Waals surface area contributed by atoms with Gasteiger partial charge in [-0.25, -0.2) is 0 Å². The van der Waals surface area contributed by atoms with Crippen molar-refractivity contribution in [1.29, 1.82) is 0 Å². The first-order valence-corrected chi connectivity index (χ1v) is 7.20. The highest BCUT2D eigenvalue weighted by Gasteiger charge is 2.27. The number of hydrogen-bond donors (Lipinski definition) is 1. The van der Waals surface area contributed by atoms with Crippen molar-refractivity contribution in [3.05, 3.63) is 16.7 Å². The Balaban J connectivity index is 2.32. The van der Waals surface area contributed by atoms with Gasteiger partial charge in [0, 0.05) is 36.6 Å². The maximum Gasteiger partial charge on any atom is 0.177 e. The van der Waals surface area contributed by atoms with Gasteiger partial charge in [0.2, 0.25) is 0 Å². The zero-order valence-corrected chi connectivity index (χ0v) is 12.6. The molecule has 0 aromatic carbocycles. The highest BCUT2D eigenvalue weighted by molar-refractivity contribution is 7.71. The largest absolute Gasteiger partial charge is 0.381 e. The number of nitrogens with one attached hydrogen (secondary N) is 1. The third-order valence-electron chi connectivity index (χ3n) is 3.93. The van der Waals surface area contributed by atoms with Gasteiger partial charge in [-0.1, -0.05) is 20.8 Å². The van der Waals surface area contributed by atoms with Gasteiger partial charge in [-0.2, -0.15) is 0 Å². The minimum absolute atomic E-state index is 0.118. The molecular formula is C14H24N2OS. The minimum atomic E-state index is 0.118. The molecule has 3 nitrogen and oxygen atoms in total. The molecule has 18 heavy (non-hydrogen) atoms. The van der Waals surface area contributed by atoms with Crippen LogP contribution in [0.5, 0.6) is 0 Å². The Morgan fingerprint density at radius 2 is 2.00 bits per heavy atom. The monoisotopic (exact) mass is 268 g/mol. The van der Waals surface area contributed by atoms with E-state index in [4.69, 9.17) is 17.0 Å². The molecule has 1 unspecified atom stereocenters. The maximum absolute atomic E-state index is 5.46. The molecule has 0 amide bonds. The molecule has 2 heterocycles. The average Bonchev–Trinajstić information content (AvgIpc) is 2.71. The van der Waals surface area contributed by atoms with E-state index >= 15 is 0 Å². The molecule has 1 atom stereocenters. The lowest BCUT2D eigenvalue weighted by atomic mass is 9.89. The van der Waals surface area contributed by atoms with Gasteiger partial charge in [-0.3, -0.25) is 0 Å². The van der Waals surface area contributed by atoms with E-state index in [1.165, 1.54) is 5.69 Å². The molecule has 1 aromatic heterocycles. The minimum Gasteiger partial charge on any atom is -0.381 e. The second-order valence-corrected chi connectivity index (χ2v) is 6.68. The van der Waals surface area contributed by atoms with E-state index in [0.717, 1.165) is 30.8 Å². The summed E-state index contributed by atoms with van der Waals surface area (Å²) >= 11 is 5.46. The quantitative estimate of drug-likeness (QED) is 0.826. The fourth-order valence-electron chi connectivity index (χ4n) is 2.77. The van der Waals surface area contributed by atoms with Crippen LogP contribution in [0, 0.1) is 10.7 Å². The first kappa shape index (κ1) is 13.8. The molecule has 1 aromatic rings. The molecule has 0 spiro atoms. The molecule has 1 fully saturated rings. The normalized spacial score (nSPS) is 20.0. The molecule has 0 bridgehead atoms. The Kier molecular flexibility index (Phi) is 3.97. The molecule has 1 aliphatic rings. The molecule has 102 valence electrons. The number of rotatable bonds is 2. The zero-order chi connectivity index (χ0) is 13.3. The van der Waals surface area contributed by atoms with E-state index in [2.05, 4.69) is 43.4 Å². The van der Waals surface area contributed by atoms with Crippen molar-refractivity contribution in [2.75, 3.05) is 13.2 Å².